The zero-order chi connectivity index (χ0) is 69.0. The Labute approximate surface area is 572 Å². The largest absolute Gasteiger partial charge is 0.472 e. The highest BCUT2D eigenvalue weighted by atomic mass is 31.2. The highest BCUT2D eigenvalue weighted by Crippen LogP contribution is 2.45. The van der Waals surface area contributed by atoms with Crippen LogP contribution in [-0.4, -0.2) is 96.7 Å². The first kappa shape index (κ1) is 91.0. The van der Waals surface area contributed by atoms with Gasteiger partial charge in [0, 0.05) is 25.7 Å². The summed E-state index contributed by atoms with van der Waals surface area (Å²) >= 11 is 0. The summed E-state index contributed by atoms with van der Waals surface area (Å²) in [6.07, 6.45) is 63.9. The van der Waals surface area contributed by atoms with E-state index in [1.165, 1.54) is 122 Å². The molecular formula is C75H138O17P2. The molecule has 5 atom stereocenters. The molecule has 0 aliphatic heterocycles. The predicted octanol–water partition coefficient (Wildman–Crippen LogP) is 21.3. The van der Waals surface area contributed by atoms with E-state index in [0.29, 0.717) is 25.7 Å². The molecule has 0 aliphatic carbocycles. The Morgan fingerprint density at radius 3 is 0.830 bits per heavy atom. The van der Waals surface area contributed by atoms with Crippen LogP contribution in [0.4, 0.5) is 0 Å². The van der Waals surface area contributed by atoms with Crippen molar-refractivity contribution >= 4 is 39.5 Å². The molecule has 0 aliphatic rings. The van der Waals surface area contributed by atoms with Gasteiger partial charge in [-0.1, -0.05) is 263 Å². The Morgan fingerprint density at radius 2 is 0.521 bits per heavy atom. The summed E-state index contributed by atoms with van der Waals surface area (Å²) in [6, 6.07) is 0. The van der Waals surface area contributed by atoms with Crippen LogP contribution < -0.4 is 0 Å². The molecule has 0 fully saturated rings. The summed E-state index contributed by atoms with van der Waals surface area (Å²) in [4.78, 5) is 72.7. The number of allylic oxidation sites excluding steroid dienone is 8. The van der Waals surface area contributed by atoms with E-state index in [2.05, 4.69) is 76.3 Å². The van der Waals surface area contributed by atoms with E-state index in [1.807, 2.05) is 0 Å². The lowest BCUT2D eigenvalue weighted by atomic mass is 10.1. The van der Waals surface area contributed by atoms with Crippen molar-refractivity contribution in [2.45, 2.75) is 367 Å². The Balaban J connectivity index is 5.32. The average molecular weight is 1370 g/mol. The number of carbonyl (C=O) groups excluding carboxylic acids is 4. The lowest BCUT2D eigenvalue weighted by Crippen LogP contribution is -2.30. The van der Waals surface area contributed by atoms with Crippen molar-refractivity contribution in [1.29, 1.82) is 0 Å². The average Bonchev–Trinajstić information content (AvgIpc) is 1.36. The van der Waals surface area contributed by atoms with Gasteiger partial charge in [0.15, 0.2) is 12.2 Å². The monoisotopic (exact) mass is 1370 g/mol. The van der Waals surface area contributed by atoms with Gasteiger partial charge in [0.25, 0.3) is 0 Å². The number of hydrogen-bond donors (Lipinski definition) is 3. The fourth-order valence-electron chi connectivity index (χ4n) is 10.4. The van der Waals surface area contributed by atoms with Crippen LogP contribution in [0.15, 0.2) is 48.6 Å². The summed E-state index contributed by atoms with van der Waals surface area (Å²) < 4.78 is 68.4. The zero-order valence-corrected chi connectivity index (χ0v) is 61.7. The minimum absolute atomic E-state index is 0.0867. The van der Waals surface area contributed by atoms with Gasteiger partial charge in [0.2, 0.25) is 0 Å². The number of unbranched alkanes of at least 4 members (excludes halogenated alkanes) is 38. The topological polar surface area (TPSA) is 237 Å². The minimum Gasteiger partial charge on any atom is -0.462 e. The molecule has 0 aromatic rings. The molecule has 550 valence electrons. The Bertz CT molecular complexity index is 1980. The van der Waals surface area contributed by atoms with Crippen LogP contribution in [0.2, 0.25) is 0 Å². The molecule has 0 aromatic carbocycles. The second-order valence-electron chi connectivity index (χ2n) is 25.6. The smallest absolute Gasteiger partial charge is 0.462 e. The van der Waals surface area contributed by atoms with Crippen LogP contribution in [0.25, 0.3) is 0 Å². The quantitative estimate of drug-likeness (QED) is 0.0169. The number of aliphatic hydroxyl groups excluding tert-OH is 1. The van der Waals surface area contributed by atoms with Crippen LogP contribution in [0, 0.1) is 0 Å². The number of aliphatic hydroxyl groups is 1. The Hall–Kier alpha value is -2.98. The molecule has 3 N–H and O–H groups in total. The van der Waals surface area contributed by atoms with Crippen molar-refractivity contribution in [3.8, 4) is 0 Å². The van der Waals surface area contributed by atoms with Gasteiger partial charge < -0.3 is 33.8 Å². The molecule has 0 heterocycles. The molecule has 19 heteroatoms. The Kier molecular flexibility index (Phi) is 66.4. The first-order chi connectivity index (χ1) is 45.7. The number of esters is 4. The summed E-state index contributed by atoms with van der Waals surface area (Å²) in [7, 11) is -9.93. The highest BCUT2D eigenvalue weighted by molar-refractivity contribution is 7.47. The number of phosphoric acid groups is 2. The molecule has 0 aromatic heterocycles. The maximum absolute atomic E-state index is 13.1. The van der Waals surface area contributed by atoms with E-state index >= 15 is 0 Å². The van der Waals surface area contributed by atoms with Crippen molar-refractivity contribution in [3.63, 3.8) is 0 Å². The molecule has 0 amide bonds. The van der Waals surface area contributed by atoms with Crippen molar-refractivity contribution in [2.24, 2.45) is 0 Å². The maximum Gasteiger partial charge on any atom is 0.472 e. The van der Waals surface area contributed by atoms with E-state index < -0.39 is 97.5 Å². The van der Waals surface area contributed by atoms with E-state index in [-0.39, 0.29) is 25.7 Å². The minimum atomic E-state index is -4.97. The summed E-state index contributed by atoms with van der Waals surface area (Å²) in [5.41, 5.74) is 0. The maximum atomic E-state index is 13.1. The van der Waals surface area contributed by atoms with Gasteiger partial charge in [-0.15, -0.1) is 0 Å². The van der Waals surface area contributed by atoms with Crippen LogP contribution in [0.3, 0.4) is 0 Å². The van der Waals surface area contributed by atoms with Gasteiger partial charge >= 0.3 is 39.5 Å². The van der Waals surface area contributed by atoms with Gasteiger partial charge in [-0.25, -0.2) is 9.13 Å². The van der Waals surface area contributed by atoms with E-state index in [0.717, 1.165) is 148 Å². The predicted molar refractivity (Wildman–Crippen MR) is 381 cm³/mol. The van der Waals surface area contributed by atoms with E-state index in [1.54, 1.807) is 0 Å². The summed E-state index contributed by atoms with van der Waals surface area (Å²) in [5, 5.41) is 10.6. The second-order valence-corrected chi connectivity index (χ2v) is 28.5. The SMILES string of the molecule is CCCCC/C=C\C/C=C\CCCCCCCC(=O)OCC(COP(=O)(O)OCC(O)COP(=O)(O)OCC(COC(=O)CCCCCCC/C=C\CCCCCC)OC(=O)CCCCCCCCCCCCC)OC(=O)CCCCCCC/C=C\CCCCCCCC. The molecule has 0 spiro atoms. The lowest BCUT2D eigenvalue weighted by molar-refractivity contribution is -0.161. The fourth-order valence-corrected chi connectivity index (χ4v) is 12.0. The molecule has 5 unspecified atom stereocenters. The van der Waals surface area contributed by atoms with Crippen LogP contribution >= 0.6 is 15.6 Å². The highest BCUT2D eigenvalue weighted by Gasteiger charge is 2.30. The van der Waals surface area contributed by atoms with Gasteiger partial charge in [-0.3, -0.25) is 37.3 Å². The number of phosphoric ester groups is 2. The third-order valence-electron chi connectivity index (χ3n) is 16.3. The first-order valence-corrected chi connectivity index (χ1v) is 40.9. The molecule has 0 rings (SSSR count). The van der Waals surface area contributed by atoms with E-state index in [9.17, 15) is 43.2 Å². The third kappa shape index (κ3) is 67.6. The van der Waals surface area contributed by atoms with Gasteiger partial charge in [-0.05, 0) is 109 Å². The molecule has 0 radical (unpaired) electrons. The van der Waals surface area contributed by atoms with Gasteiger partial charge in [0.05, 0.1) is 26.4 Å². The van der Waals surface area contributed by atoms with Crippen molar-refractivity contribution in [3.05, 3.63) is 48.6 Å². The Morgan fingerprint density at radius 1 is 0.298 bits per heavy atom. The molecule has 0 saturated carbocycles. The number of carbonyl (C=O) groups is 4. The molecule has 0 bridgehead atoms. The summed E-state index contributed by atoms with van der Waals surface area (Å²) in [5.74, 6) is -2.18. The standard InChI is InChI=1S/C75H138O17P2/c1-5-9-13-17-21-25-29-32-34-37-41-44-48-52-56-60-73(78)86-66-71(92-75(80)62-58-54-50-46-42-38-35-33-30-26-22-18-14-10-6-2)68-90-94(83,84)88-64-69(76)63-87-93(81,82)89-67-70(91-74(79)61-57-53-49-45-39-28-24-20-16-12-8-4)65-85-72(77)59-55-51-47-43-40-36-31-27-23-19-15-11-7-3/h21,25,27,31-35,69-71,76H,5-20,22-24,26,28-30,36-68H2,1-4H3,(H,81,82)(H,83,84)/b25-21-,31-27-,34-32-,35-33-. The van der Waals surface area contributed by atoms with Gasteiger partial charge in [-0.2, -0.15) is 0 Å². The van der Waals surface area contributed by atoms with Crippen LogP contribution in [-0.2, 0) is 65.4 Å². The van der Waals surface area contributed by atoms with E-state index in [4.69, 9.17) is 37.0 Å². The first-order valence-electron chi connectivity index (χ1n) is 37.9. The molecular weight excluding hydrogens is 1230 g/mol. The lowest BCUT2D eigenvalue weighted by Gasteiger charge is -2.21. The normalized spacial score (nSPS) is 14.2. The van der Waals surface area contributed by atoms with Crippen molar-refractivity contribution in [2.75, 3.05) is 39.6 Å². The van der Waals surface area contributed by atoms with Crippen molar-refractivity contribution < 1.29 is 80.2 Å². The van der Waals surface area contributed by atoms with Crippen LogP contribution in [0.1, 0.15) is 349 Å². The number of hydrogen-bond acceptors (Lipinski definition) is 15. The summed E-state index contributed by atoms with van der Waals surface area (Å²) in [6.45, 7) is 4.84. The number of ether oxygens (including phenoxy) is 4. The fraction of sp³-hybridized carbons (Fsp3) is 0.840. The molecule has 0 saturated heterocycles. The molecule has 17 nitrogen and oxygen atoms in total. The third-order valence-corrected chi connectivity index (χ3v) is 18.2. The second kappa shape index (κ2) is 68.5. The zero-order valence-electron chi connectivity index (χ0n) is 59.9. The van der Waals surface area contributed by atoms with Crippen LogP contribution in [0.5, 0.6) is 0 Å². The van der Waals surface area contributed by atoms with Crippen molar-refractivity contribution in [1.82, 2.24) is 0 Å². The number of rotatable bonds is 72. The van der Waals surface area contributed by atoms with Gasteiger partial charge in [0.1, 0.15) is 19.3 Å². The molecule has 94 heavy (non-hydrogen) atoms.